The largest absolute Gasteiger partial charge is 0.495 e. The molecule has 1 aliphatic heterocycles. The number of hydrogen-bond donors (Lipinski definition) is 0. The van der Waals surface area contributed by atoms with Crippen LogP contribution in [0.3, 0.4) is 0 Å². The molecule has 1 heterocycles. The highest BCUT2D eigenvalue weighted by Gasteiger charge is 2.52. The monoisotopic (exact) mass is 437 g/mol. The van der Waals surface area contributed by atoms with Crippen molar-refractivity contribution in [3.63, 3.8) is 0 Å². The Bertz CT molecular complexity index is 682. The number of hydrogen-bond acceptors (Lipinski definition) is 3. The van der Waals surface area contributed by atoms with Gasteiger partial charge in [-0.1, -0.05) is 70.3 Å². The highest BCUT2D eigenvalue weighted by atomic mass is 35.5. The lowest BCUT2D eigenvalue weighted by Gasteiger charge is -2.32. The van der Waals surface area contributed by atoms with Gasteiger partial charge in [0.15, 0.2) is 0 Å². The van der Waals surface area contributed by atoms with Gasteiger partial charge in [0.1, 0.15) is 5.75 Å². The fourth-order valence-corrected chi connectivity index (χ4v) is 8.64. The highest BCUT2D eigenvalue weighted by molar-refractivity contribution is 6.63. The molecule has 1 aromatic rings. The minimum Gasteiger partial charge on any atom is -0.492 e. The molecule has 6 heteroatoms. The zero-order valence-corrected chi connectivity index (χ0v) is 21.7. The molecule has 1 aliphatic rings. The lowest BCUT2D eigenvalue weighted by atomic mass is 9.75. The fourth-order valence-electron chi connectivity index (χ4n) is 4.39. The Balaban J connectivity index is 2.21. The lowest BCUT2D eigenvalue weighted by molar-refractivity contribution is 0.00578. The molecular weight excluding hydrogens is 399 g/mol. The summed E-state index contributed by atoms with van der Waals surface area (Å²) in [6.45, 7) is 22.8. The summed E-state index contributed by atoms with van der Waals surface area (Å²) in [6.07, 6.45) is 0.804. The van der Waals surface area contributed by atoms with E-state index in [0.717, 1.165) is 34.3 Å². The highest BCUT2D eigenvalue weighted by Crippen LogP contribution is 2.38. The Morgan fingerprint density at radius 2 is 1.52 bits per heavy atom. The average molecular weight is 438 g/mol. The molecule has 3 nitrogen and oxygen atoms in total. The molecular formula is C23H39BClO3Si. The van der Waals surface area contributed by atoms with E-state index in [-0.39, 0.29) is 11.2 Å². The van der Waals surface area contributed by atoms with E-state index >= 15 is 0 Å². The molecule has 1 atom stereocenters. The van der Waals surface area contributed by atoms with E-state index in [0.29, 0.717) is 17.2 Å². The van der Waals surface area contributed by atoms with Gasteiger partial charge in [0, 0.05) is 0 Å². The summed E-state index contributed by atoms with van der Waals surface area (Å²) in [4.78, 5) is 0. The van der Waals surface area contributed by atoms with Crippen molar-refractivity contribution in [2.75, 3.05) is 6.61 Å². The van der Waals surface area contributed by atoms with E-state index in [1.54, 1.807) is 0 Å². The zero-order chi connectivity index (χ0) is 22.1. The third-order valence-electron chi connectivity index (χ3n) is 6.50. The molecule has 1 saturated heterocycles. The van der Waals surface area contributed by atoms with Crippen molar-refractivity contribution in [3.05, 3.63) is 22.7 Å². The Morgan fingerprint density at radius 3 is 1.97 bits per heavy atom. The quantitative estimate of drug-likeness (QED) is 0.447. The van der Waals surface area contributed by atoms with Crippen LogP contribution in [0, 0.1) is 0 Å². The molecule has 1 aromatic carbocycles. The van der Waals surface area contributed by atoms with Gasteiger partial charge in [-0.15, -0.1) is 0 Å². The molecule has 1 unspecified atom stereocenters. The summed E-state index contributed by atoms with van der Waals surface area (Å²) < 4.78 is 18.7. The van der Waals surface area contributed by atoms with Crippen LogP contribution in [0.4, 0.5) is 0 Å². The Hall–Kier alpha value is -0.488. The molecule has 0 bridgehead atoms. The molecule has 0 amide bonds. The van der Waals surface area contributed by atoms with Gasteiger partial charge in [0.05, 0.1) is 31.6 Å². The van der Waals surface area contributed by atoms with Crippen LogP contribution < -0.4 is 10.2 Å². The van der Waals surface area contributed by atoms with Crippen LogP contribution in [0.15, 0.2) is 12.1 Å². The molecule has 0 spiro atoms. The van der Waals surface area contributed by atoms with Crippen molar-refractivity contribution in [1.29, 1.82) is 0 Å². The maximum absolute atomic E-state index is 6.79. The first kappa shape index (κ1) is 24.8. The number of ether oxygens (including phenoxy) is 1. The van der Waals surface area contributed by atoms with Crippen LogP contribution in [0.2, 0.25) is 21.6 Å². The first-order valence-electron chi connectivity index (χ1n) is 11.0. The molecule has 163 valence electrons. The second kappa shape index (κ2) is 9.34. The summed E-state index contributed by atoms with van der Waals surface area (Å²) in [5, 5.41) is 0.690. The second-order valence-corrected chi connectivity index (χ2v) is 14.6. The number of rotatable bonds is 8. The van der Waals surface area contributed by atoms with Crippen LogP contribution >= 0.6 is 11.6 Å². The van der Waals surface area contributed by atoms with Crippen molar-refractivity contribution in [2.24, 2.45) is 0 Å². The van der Waals surface area contributed by atoms with Gasteiger partial charge in [-0.25, -0.2) is 0 Å². The summed E-state index contributed by atoms with van der Waals surface area (Å²) in [6, 6.07) is 4.04. The van der Waals surface area contributed by atoms with Crippen LogP contribution in [-0.4, -0.2) is 33.7 Å². The maximum atomic E-state index is 6.79. The van der Waals surface area contributed by atoms with E-state index < -0.39 is 15.9 Å². The minimum absolute atomic E-state index is 0.369. The molecule has 0 aromatic heterocycles. The summed E-state index contributed by atoms with van der Waals surface area (Å²) in [5.74, 6) is 0.768. The Kier molecular flexibility index (Phi) is 7.98. The van der Waals surface area contributed by atoms with Crippen LogP contribution in [-0.2, 0) is 15.7 Å². The third kappa shape index (κ3) is 5.23. The van der Waals surface area contributed by atoms with E-state index in [1.165, 1.54) is 0 Å². The van der Waals surface area contributed by atoms with E-state index in [2.05, 4.69) is 75.3 Å². The van der Waals surface area contributed by atoms with Crippen LogP contribution in [0.1, 0.15) is 74.8 Å². The summed E-state index contributed by atoms with van der Waals surface area (Å²) in [7, 11) is -0.914. The van der Waals surface area contributed by atoms with Gasteiger partial charge in [0.2, 0.25) is 0 Å². The van der Waals surface area contributed by atoms with Gasteiger partial charge in [-0.3, -0.25) is 0 Å². The Labute approximate surface area is 185 Å². The first-order valence-corrected chi connectivity index (χ1v) is 13.1. The van der Waals surface area contributed by atoms with Crippen molar-refractivity contribution >= 4 is 33.0 Å². The standard InChI is InChI=1S/C23H39BClO3Si/c1-11-18-19(24-27-22(7,8)23(9,10)28-24)12-13-20(21(18)25)26-14-17(6)29(15(2)3)16(4)5/h12-13,15-17H,11,14H2,1-10H3. The zero-order valence-electron chi connectivity index (χ0n) is 20.0. The second-order valence-electron chi connectivity index (χ2n) is 9.91. The lowest BCUT2D eigenvalue weighted by Crippen LogP contribution is -2.41. The smallest absolute Gasteiger partial charge is 0.492 e. The van der Waals surface area contributed by atoms with E-state index in [4.69, 9.17) is 25.6 Å². The fraction of sp³-hybridized carbons (Fsp3) is 0.739. The number of halogens is 1. The topological polar surface area (TPSA) is 27.7 Å². The average Bonchev–Trinajstić information content (AvgIpc) is 2.80. The summed E-state index contributed by atoms with van der Waals surface area (Å²) in [5.41, 5.74) is 3.33. The molecule has 1 radical (unpaired) electrons. The molecule has 1 fully saturated rings. The van der Waals surface area contributed by atoms with Gasteiger partial charge in [-0.05, 0) is 56.7 Å². The van der Waals surface area contributed by atoms with E-state index in [9.17, 15) is 0 Å². The van der Waals surface area contributed by atoms with Crippen LogP contribution in [0.5, 0.6) is 5.75 Å². The maximum Gasteiger partial charge on any atom is 0.495 e. The first-order chi connectivity index (χ1) is 13.3. The summed E-state index contributed by atoms with van der Waals surface area (Å²) >= 11 is 6.79. The van der Waals surface area contributed by atoms with Gasteiger partial charge >= 0.3 is 7.12 Å². The molecule has 29 heavy (non-hydrogen) atoms. The van der Waals surface area contributed by atoms with Gasteiger partial charge in [0.25, 0.3) is 0 Å². The predicted octanol–water partition coefficient (Wildman–Crippen LogP) is 6.29. The minimum atomic E-state index is -0.509. The number of benzene rings is 1. The molecule has 0 N–H and O–H groups in total. The van der Waals surface area contributed by atoms with Gasteiger partial charge < -0.3 is 14.0 Å². The van der Waals surface area contributed by atoms with Crippen molar-refractivity contribution in [2.45, 2.75) is 103 Å². The normalized spacial score (nSPS) is 19.4. The van der Waals surface area contributed by atoms with Gasteiger partial charge in [-0.2, -0.15) is 0 Å². The SMILES string of the molecule is CCc1c(B2OC(C)(C)C(C)(C)O2)ccc(OCC(C)[Si](C(C)C)C(C)C)c1Cl. The van der Waals surface area contributed by atoms with Crippen LogP contribution in [0.25, 0.3) is 0 Å². The molecule has 0 aliphatic carbocycles. The van der Waals surface area contributed by atoms with Crippen molar-refractivity contribution in [3.8, 4) is 5.75 Å². The molecule has 2 rings (SSSR count). The van der Waals surface area contributed by atoms with E-state index in [1.807, 2.05) is 6.07 Å². The Morgan fingerprint density at radius 1 is 1.00 bits per heavy atom. The third-order valence-corrected chi connectivity index (χ3v) is 10.9. The molecule has 0 saturated carbocycles. The van der Waals surface area contributed by atoms with Crippen molar-refractivity contribution < 1.29 is 14.0 Å². The van der Waals surface area contributed by atoms with Crippen molar-refractivity contribution in [1.82, 2.24) is 0 Å². The predicted molar refractivity (Wildman–Crippen MR) is 127 cm³/mol.